The third-order valence-electron chi connectivity index (χ3n) is 3.34. The van der Waals surface area contributed by atoms with Gasteiger partial charge in [0.2, 0.25) is 10.0 Å². The van der Waals surface area contributed by atoms with Gasteiger partial charge in [-0.25, -0.2) is 13.6 Å². The Balaban J connectivity index is 1.97. The average Bonchev–Trinajstić information content (AvgIpc) is 2.54. The molecule has 0 amide bonds. The van der Waals surface area contributed by atoms with Crippen LogP contribution in [-0.2, 0) is 16.4 Å². The molecular weight excluding hydrogens is 328 g/mol. The van der Waals surface area contributed by atoms with Crippen LogP contribution in [-0.4, -0.2) is 32.9 Å². The van der Waals surface area contributed by atoms with Crippen LogP contribution in [0.3, 0.4) is 0 Å². The highest BCUT2D eigenvalue weighted by molar-refractivity contribution is 7.89. The van der Waals surface area contributed by atoms with Crippen molar-refractivity contribution in [2.75, 3.05) is 13.2 Å². The standard InChI is InChI=1S/C17H20N2O4S/c1-2-23-16-5-3-4-14(17(16)20)12-19-11-10-13-6-8-15(9-7-13)24(18,21)22/h3-9,12,20H,2,10-11H2,1H3,(H2,18,21,22). The van der Waals surface area contributed by atoms with Crippen molar-refractivity contribution in [2.24, 2.45) is 10.1 Å². The first-order valence-electron chi connectivity index (χ1n) is 7.48. The number of phenols is 1. The van der Waals surface area contributed by atoms with Crippen molar-refractivity contribution in [1.82, 2.24) is 0 Å². The summed E-state index contributed by atoms with van der Waals surface area (Å²) in [6.45, 7) is 2.83. The molecule has 2 aromatic rings. The molecule has 7 heteroatoms. The van der Waals surface area contributed by atoms with Gasteiger partial charge in [0.1, 0.15) is 0 Å². The summed E-state index contributed by atoms with van der Waals surface area (Å²) in [5.74, 6) is 0.501. The predicted molar refractivity (Wildman–Crippen MR) is 93.3 cm³/mol. The van der Waals surface area contributed by atoms with E-state index in [9.17, 15) is 13.5 Å². The van der Waals surface area contributed by atoms with Crippen molar-refractivity contribution in [2.45, 2.75) is 18.2 Å². The number of nitrogens with two attached hydrogens (primary N) is 1. The number of hydrogen-bond acceptors (Lipinski definition) is 5. The lowest BCUT2D eigenvalue weighted by atomic mass is 10.1. The SMILES string of the molecule is CCOc1cccc(C=NCCc2ccc(S(N)(=O)=O)cc2)c1O. The summed E-state index contributed by atoms with van der Waals surface area (Å²) in [4.78, 5) is 4.38. The van der Waals surface area contributed by atoms with E-state index in [1.54, 1.807) is 36.5 Å². The molecule has 0 saturated heterocycles. The van der Waals surface area contributed by atoms with Crippen LogP contribution in [0, 0.1) is 0 Å². The lowest BCUT2D eigenvalue weighted by Crippen LogP contribution is -2.11. The quantitative estimate of drug-likeness (QED) is 0.748. The Kier molecular flexibility index (Phi) is 5.94. The van der Waals surface area contributed by atoms with E-state index < -0.39 is 10.0 Å². The minimum atomic E-state index is -3.66. The molecule has 0 fully saturated rings. The largest absolute Gasteiger partial charge is 0.504 e. The van der Waals surface area contributed by atoms with E-state index in [1.807, 2.05) is 6.92 Å². The molecule has 6 nitrogen and oxygen atoms in total. The first-order valence-corrected chi connectivity index (χ1v) is 9.03. The molecule has 0 atom stereocenters. The van der Waals surface area contributed by atoms with Crippen molar-refractivity contribution in [1.29, 1.82) is 0 Å². The molecule has 128 valence electrons. The predicted octanol–water partition coefficient (Wildman–Crippen LogP) is 2.10. The zero-order chi connectivity index (χ0) is 17.6. The molecule has 0 unspecified atom stereocenters. The summed E-state index contributed by atoms with van der Waals surface area (Å²) in [5.41, 5.74) is 1.54. The van der Waals surface area contributed by atoms with E-state index in [0.29, 0.717) is 30.9 Å². The molecule has 0 bridgehead atoms. The first kappa shape index (κ1) is 18.0. The molecule has 0 aliphatic heterocycles. The topological polar surface area (TPSA) is 102 Å². The van der Waals surface area contributed by atoms with Crippen LogP contribution >= 0.6 is 0 Å². The number of rotatable bonds is 7. The number of hydrogen-bond donors (Lipinski definition) is 2. The van der Waals surface area contributed by atoms with Crippen molar-refractivity contribution in [3.63, 3.8) is 0 Å². The first-order chi connectivity index (χ1) is 11.4. The Morgan fingerprint density at radius 1 is 1.21 bits per heavy atom. The minimum Gasteiger partial charge on any atom is -0.504 e. The van der Waals surface area contributed by atoms with E-state index in [4.69, 9.17) is 9.88 Å². The van der Waals surface area contributed by atoms with E-state index in [-0.39, 0.29) is 10.6 Å². The number of aromatic hydroxyl groups is 1. The van der Waals surface area contributed by atoms with Crippen LogP contribution in [0.1, 0.15) is 18.1 Å². The van der Waals surface area contributed by atoms with Crippen LogP contribution < -0.4 is 9.88 Å². The van der Waals surface area contributed by atoms with Gasteiger partial charge in [0.05, 0.1) is 11.5 Å². The van der Waals surface area contributed by atoms with Gasteiger partial charge in [-0.2, -0.15) is 0 Å². The summed E-state index contributed by atoms with van der Waals surface area (Å²) in [6, 6.07) is 11.6. The van der Waals surface area contributed by atoms with E-state index in [0.717, 1.165) is 5.56 Å². The van der Waals surface area contributed by atoms with Gasteiger partial charge in [0.25, 0.3) is 0 Å². The van der Waals surface area contributed by atoms with Crippen LogP contribution in [0.5, 0.6) is 11.5 Å². The zero-order valence-corrected chi connectivity index (χ0v) is 14.2. The molecule has 0 spiro atoms. The number of benzene rings is 2. The van der Waals surface area contributed by atoms with Crippen molar-refractivity contribution in [3.05, 3.63) is 53.6 Å². The van der Waals surface area contributed by atoms with E-state index in [2.05, 4.69) is 4.99 Å². The molecule has 2 rings (SSSR count). The molecule has 0 heterocycles. The highest BCUT2D eigenvalue weighted by atomic mass is 32.2. The monoisotopic (exact) mass is 348 g/mol. The maximum Gasteiger partial charge on any atom is 0.238 e. The molecule has 0 saturated carbocycles. The fraction of sp³-hybridized carbons (Fsp3) is 0.235. The second-order valence-electron chi connectivity index (χ2n) is 5.10. The third-order valence-corrected chi connectivity index (χ3v) is 4.27. The fourth-order valence-corrected chi connectivity index (χ4v) is 2.63. The average molecular weight is 348 g/mol. The number of ether oxygens (including phenoxy) is 1. The maximum atomic E-state index is 11.2. The molecule has 3 N–H and O–H groups in total. The van der Waals surface area contributed by atoms with Gasteiger partial charge >= 0.3 is 0 Å². The minimum absolute atomic E-state index is 0.0700. The highest BCUT2D eigenvalue weighted by Crippen LogP contribution is 2.28. The van der Waals surface area contributed by atoms with Crippen LogP contribution in [0.15, 0.2) is 52.4 Å². The smallest absolute Gasteiger partial charge is 0.238 e. The number of para-hydroxylation sites is 1. The van der Waals surface area contributed by atoms with Crippen LogP contribution in [0.2, 0.25) is 0 Å². The number of primary sulfonamides is 1. The van der Waals surface area contributed by atoms with Gasteiger partial charge in [-0.1, -0.05) is 18.2 Å². The molecule has 0 aromatic heterocycles. The highest BCUT2D eigenvalue weighted by Gasteiger charge is 2.07. The summed E-state index contributed by atoms with van der Waals surface area (Å²) in [7, 11) is -3.66. The van der Waals surface area contributed by atoms with Gasteiger partial charge in [-0.15, -0.1) is 0 Å². The van der Waals surface area contributed by atoms with E-state index >= 15 is 0 Å². The van der Waals surface area contributed by atoms with Gasteiger partial charge < -0.3 is 9.84 Å². The number of phenolic OH excluding ortho intramolecular Hbond substituents is 1. The maximum absolute atomic E-state index is 11.2. The molecule has 0 radical (unpaired) electrons. The Morgan fingerprint density at radius 3 is 2.54 bits per heavy atom. The normalized spacial score (nSPS) is 11.8. The van der Waals surface area contributed by atoms with Crippen LogP contribution in [0.4, 0.5) is 0 Å². The number of aliphatic imine (C=N–C) groups is 1. The zero-order valence-electron chi connectivity index (χ0n) is 13.3. The van der Waals surface area contributed by atoms with E-state index in [1.165, 1.54) is 12.1 Å². The molecular formula is C17H20N2O4S. The summed E-state index contributed by atoms with van der Waals surface area (Å²) < 4.78 is 27.7. The lowest BCUT2D eigenvalue weighted by molar-refractivity contribution is 0.318. The molecule has 2 aromatic carbocycles. The molecule has 24 heavy (non-hydrogen) atoms. The molecule has 0 aliphatic carbocycles. The number of nitrogens with zero attached hydrogens (tertiary/aromatic N) is 1. The van der Waals surface area contributed by atoms with Gasteiger partial charge in [0, 0.05) is 18.3 Å². The molecule has 0 aliphatic rings. The Bertz CT molecular complexity index is 815. The lowest BCUT2D eigenvalue weighted by Gasteiger charge is -2.07. The van der Waals surface area contributed by atoms with Gasteiger partial charge in [-0.05, 0) is 43.2 Å². The Labute approximate surface area is 141 Å². The summed E-state index contributed by atoms with van der Waals surface area (Å²) >= 11 is 0. The Hall–Kier alpha value is -2.38. The summed E-state index contributed by atoms with van der Waals surface area (Å²) in [6.07, 6.45) is 2.24. The van der Waals surface area contributed by atoms with Gasteiger partial charge in [0.15, 0.2) is 11.5 Å². The summed E-state index contributed by atoms with van der Waals surface area (Å²) in [5, 5.41) is 15.1. The van der Waals surface area contributed by atoms with Crippen LogP contribution in [0.25, 0.3) is 0 Å². The fourth-order valence-electron chi connectivity index (χ4n) is 2.12. The van der Waals surface area contributed by atoms with Crippen molar-refractivity contribution < 1.29 is 18.3 Å². The van der Waals surface area contributed by atoms with Crippen molar-refractivity contribution >= 4 is 16.2 Å². The van der Waals surface area contributed by atoms with Crippen molar-refractivity contribution in [3.8, 4) is 11.5 Å². The number of sulfonamides is 1. The second-order valence-corrected chi connectivity index (χ2v) is 6.66. The third kappa shape index (κ3) is 4.81. The second kappa shape index (κ2) is 7.94. The van der Waals surface area contributed by atoms with Gasteiger partial charge in [-0.3, -0.25) is 4.99 Å². The Morgan fingerprint density at radius 2 is 1.92 bits per heavy atom.